The Morgan fingerprint density at radius 3 is 2.92 bits per heavy atom. The quantitative estimate of drug-likeness (QED) is 0.788. The van der Waals surface area contributed by atoms with Crippen LogP contribution in [0.1, 0.15) is 30.4 Å². The number of imidazole rings is 1. The lowest BCUT2D eigenvalue weighted by Crippen LogP contribution is -2.43. The Hall–Kier alpha value is -2.14. The summed E-state index contributed by atoms with van der Waals surface area (Å²) in [6, 6.07) is 8.69. The smallest absolute Gasteiger partial charge is 0.224 e. The van der Waals surface area contributed by atoms with Crippen LogP contribution in [0.15, 0.2) is 43.0 Å². The Morgan fingerprint density at radius 1 is 1.32 bits per heavy atom. The van der Waals surface area contributed by atoms with Crippen molar-refractivity contribution in [1.82, 2.24) is 19.8 Å². The van der Waals surface area contributed by atoms with Gasteiger partial charge in [0.15, 0.2) is 0 Å². The summed E-state index contributed by atoms with van der Waals surface area (Å²) in [4.78, 5) is 18.9. The molecule has 0 aliphatic carbocycles. The van der Waals surface area contributed by atoms with E-state index in [1.54, 1.807) is 6.20 Å². The van der Waals surface area contributed by atoms with Gasteiger partial charge in [-0.15, -0.1) is 0 Å². The van der Waals surface area contributed by atoms with Crippen LogP contribution >= 0.6 is 0 Å². The number of nitrogens with one attached hydrogen (secondary N) is 1. The van der Waals surface area contributed by atoms with Crippen molar-refractivity contribution in [3.05, 3.63) is 54.1 Å². The Morgan fingerprint density at radius 2 is 2.16 bits per heavy atom. The number of piperidine rings is 1. The van der Waals surface area contributed by atoms with Crippen molar-refractivity contribution in [2.24, 2.45) is 5.92 Å². The van der Waals surface area contributed by atoms with Crippen molar-refractivity contribution >= 4 is 5.91 Å². The summed E-state index contributed by atoms with van der Waals surface area (Å²) in [5, 5.41) is 3.11. The standard InChI is InChI=1S/C20H28N4O/c1-17-5-7-18(8-6-17)14-24-11-2-4-19(15-24)20(25)22-9-3-12-23-13-10-21-16-23/h5-8,10,13,16,19H,2-4,9,11-12,14-15H2,1H3,(H,22,25). The first kappa shape index (κ1) is 17.7. The second-order valence-corrected chi connectivity index (χ2v) is 7.00. The number of hydrogen-bond acceptors (Lipinski definition) is 3. The highest BCUT2D eigenvalue weighted by Gasteiger charge is 2.25. The maximum atomic E-state index is 12.4. The van der Waals surface area contributed by atoms with Crippen LogP contribution in [-0.4, -0.2) is 40.0 Å². The number of benzene rings is 1. The van der Waals surface area contributed by atoms with Gasteiger partial charge >= 0.3 is 0 Å². The van der Waals surface area contributed by atoms with Crippen LogP contribution < -0.4 is 5.32 Å². The van der Waals surface area contributed by atoms with E-state index in [0.29, 0.717) is 0 Å². The van der Waals surface area contributed by atoms with Gasteiger partial charge in [-0.25, -0.2) is 4.98 Å². The summed E-state index contributed by atoms with van der Waals surface area (Å²) in [7, 11) is 0. The molecular formula is C20H28N4O. The summed E-state index contributed by atoms with van der Waals surface area (Å²) in [5.74, 6) is 0.326. The highest BCUT2D eigenvalue weighted by Crippen LogP contribution is 2.19. The van der Waals surface area contributed by atoms with Crippen molar-refractivity contribution in [3.8, 4) is 0 Å². The first-order valence-electron chi connectivity index (χ1n) is 9.22. The monoisotopic (exact) mass is 340 g/mol. The molecule has 1 aromatic carbocycles. The van der Waals surface area contributed by atoms with Crippen molar-refractivity contribution in [2.75, 3.05) is 19.6 Å². The molecule has 1 saturated heterocycles. The lowest BCUT2D eigenvalue weighted by molar-refractivity contribution is -0.126. The largest absolute Gasteiger partial charge is 0.356 e. The predicted octanol–water partition coefficient (Wildman–Crippen LogP) is 2.61. The molecule has 1 aliphatic heterocycles. The van der Waals surface area contributed by atoms with Gasteiger partial charge < -0.3 is 9.88 Å². The molecular weight excluding hydrogens is 312 g/mol. The normalized spacial score (nSPS) is 18.2. The highest BCUT2D eigenvalue weighted by atomic mass is 16.1. The summed E-state index contributed by atoms with van der Waals surface area (Å²) in [6.07, 6.45) is 8.57. The zero-order valence-corrected chi connectivity index (χ0v) is 15.0. The molecule has 1 N–H and O–H groups in total. The minimum atomic E-state index is 0.118. The number of carbonyl (C=O) groups is 1. The third kappa shape index (κ3) is 5.43. The van der Waals surface area contributed by atoms with Crippen LogP contribution in [0.5, 0.6) is 0 Å². The van der Waals surface area contributed by atoms with Gasteiger partial charge in [-0.1, -0.05) is 29.8 Å². The average molecular weight is 340 g/mol. The molecule has 1 unspecified atom stereocenters. The van der Waals surface area contributed by atoms with Crippen LogP contribution in [0.2, 0.25) is 0 Å². The van der Waals surface area contributed by atoms with Crippen LogP contribution in [0, 0.1) is 12.8 Å². The fourth-order valence-electron chi connectivity index (χ4n) is 3.40. The third-order valence-electron chi connectivity index (χ3n) is 4.85. The van der Waals surface area contributed by atoms with Crippen LogP contribution in [0.25, 0.3) is 0 Å². The van der Waals surface area contributed by atoms with Gasteiger partial charge in [0.2, 0.25) is 5.91 Å². The Labute approximate surface area is 150 Å². The molecule has 0 bridgehead atoms. The maximum Gasteiger partial charge on any atom is 0.224 e. The van der Waals surface area contributed by atoms with Crippen molar-refractivity contribution in [2.45, 2.75) is 39.3 Å². The highest BCUT2D eigenvalue weighted by molar-refractivity contribution is 5.78. The van der Waals surface area contributed by atoms with E-state index in [2.05, 4.69) is 46.4 Å². The number of aryl methyl sites for hydroxylation is 2. The number of nitrogens with zero attached hydrogens (tertiary/aromatic N) is 3. The van der Waals surface area contributed by atoms with Crippen LogP contribution in [-0.2, 0) is 17.9 Å². The van der Waals surface area contributed by atoms with E-state index in [0.717, 1.165) is 52.0 Å². The fraction of sp³-hybridized carbons (Fsp3) is 0.500. The summed E-state index contributed by atoms with van der Waals surface area (Å²) < 4.78 is 2.04. The zero-order valence-electron chi connectivity index (χ0n) is 15.0. The van der Waals surface area contributed by atoms with Gasteiger partial charge in [-0.3, -0.25) is 9.69 Å². The molecule has 1 aromatic heterocycles. The third-order valence-corrected chi connectivity index (χ3v) is 4.85. The minimum absolute atomic E-state index is 0.118. The molecule has 134 valence electrons. The van der Waals surface area contributed by atoms with Crippen molar-refractivity contribution in [1.29, 1.82) is 0 Å². The molecule has 25 heavy (non-hydrogen) atoms. The van der Waals surface area contributed by atoms with Crippen molar-refractivity contribution in [3.63, 3.8) is 0 Å². The van der Waals surface area contributed by atoms with E-state index in [1.807, 2.05) is 17.1 Å². The molecule has 2 aromatic rings. The van der Waals surface area contributed by atoms with E-state index >= 15 is 0 Å². The number of carbonyl (C=O) groups excluding carboxylic acids is 1. The maximum absolute atomic E-state index is 12.4. The molecule has 1 amide bonds. The summed E-state index contributed by atoms with van der Waals surface area (Å²) in [6.45, 7) is 6.61. The molecule has 1 fully saturated rings. The van der Waals surface area contributed by atoms with Crippen LogP contribution in [0.4, 0.5) is 0 Å². The Bertz CT molecular complexity index is 651. The Kier molecular flexibility index (Phi) is 6.23. The van der Waals surface area contributed by atoms with Gasteiger partial charge in [0.1, 0.15) is 0 Å². The van der Waals surface area contributed by atoms with E-state index < -0.39 is 0 Å². The van der Waals surface area contributed by atoms with E-state index in [9.17, 15) is 4.79 Å². The number of amides is 1. The van der Waals surface area contributed by atoms with Gasteiger partial charge in [0, 0.05) is 38.6 Å². The SMILES string of the molecule is Cc1ccc(CN2CCCC(C(=O)NCCCn3ccnc3)C2)cc1. The molecule has 1 aliphatic rings. The molecule has 0 saturated carbocycles. The predicted molar refractivity (Wildman–Crippen MR) is 99.0 cm³/mol. The molecule has 3 rings (SSSR count). The van der Waals surface area contributed by atoms with Gasteiger partial charge in [-0.05, 0) is 38.3 Å². The number of aromatic nitrogens is 2. The van der Waals surface area contributed by atoms with Gasteiger partial charge in [-0.2, -0.15) is 0 Å². The molecule has 5 nitrogen and oxygen atoms in total. The van der Waals surface area contributed by atoms with E-state index in [-0.39, 0.29) is 11.8 Å². The molecule has 2 heterocycles. The van der Waals surface area contributed by atoms with E-state index in [4.69, 9.17) is 0 Å². The second-order valence-electron chi connectivity index (χ2n) is 7.00. The van der Waals surface area contributed by atoms with Crippen LogP contribution in [0.3, 0.4) is 0 Å². The number of hydrogen-bond donors (Lipinski definition) is 1. The number of rotatable bonds is 7. The summed E-state index contributed by atoms with van der Waals surface area (Å²) >= 11 is 0. The second kappa shape index (κ2) is 8.81. The average Bonchev–Trinajstić information content (AvgIpc) is 3.14. The van der Waals surface area contributed by atoms with E-state index in [1.165, 1.54) is 11.1 Å². The minimum Gasteiger partial charge on any atom is -0.356 e. The van der Waals surface area contributed by atoms with Gasteiger partial charge in [0.05, 0.1) is 12.2 Å². The topological polar surface area (TPSA) is 50.2 Å². The molecule has 1 atom stereocenters. The fourth-order valence-corrected chi connectivity index (χ4v) is 3.40. The summed E-state index contributed by atoms with van der Waals surface area (Å²) in [5.41, 5.74) is 2.61. The first-order valence-corrected chi connectivity index (χ1v) is 9.22. The number of likely N-dealkylation sites (tertiary alicyclic amines) is 1. The van der Waals surface area contributed by atoms with Crippen molar-refractivity contribution < 1.29 is 4.79 Å². The molecule has 0 radical (unpaired) electrons. The Balaban J connectivity index is 1.40. The molecule has 5 heteroatoms. The van der Waals surface area contributed by atoms with Gasteiger partial charge in [0.25, 0.3) is 0 Å². The lowest BCUT2D eigenvalue weighted by Gasteiger charge is -2.32. The lowest BCUT2D eigenvalue weighted by atomic mass is 9.96. The zero-order chi connectivity index (χ0) is 17.5. The molecule has 0 spiro atoms. The first-order chi connectivity index (χ1) is 12.2.